The number of carboxylic acid groups (broad SMARTS) is 1. The molecule has 1 aromatic carbocycles. The summed E-state index contributed by atoms with van der Waals surface area (Å²) in [4.78, 5) is 11.5. The van der Waals surface area contributed by atoms with Crippen molar-refractivity contribution in [3.8, 4) is 0 Å². The van der Waals surface area contributed by atoms with Gasteiger partial charge in [-0.25, -0.2) is 0 Å². The Balaban J connectivity index is 1.92. The fourth-order valence-electron chi connectivity index (χ4n) is 2.88. The molecule has 5 heteroatoms. The molecule has 0 saturated heterocycles. The summed E-state index contributed by atoms with van der Waals surface area (Å²) in [6.45, 7) is 6.96. The van der Waals surface area contributed by atoms with Crippen molar-refractivity contribution in [2.45, 2.75) is 51.7 Å². The van der Waals surface area contributed by atoms with Crippen molar-refractivity contribution in [2.75, 3.05) is 13.2 Å². The highest BCUT2D eigenvalue weighted by Crippen LogP contribution is 2.29. The fourth-order valence-corrected chi connectivity index (χ4v) is 3.07. The topological polar surface area (TPSA) is 58.6 Å². The number of ether oxygens (including phenoxy) is 1. The van der Waals surface area contributed by atoms with Gasteiger partial charge in [0, 0.05) is 11.6 Å². The average molecular weight is 378 g/mol. The molecule has 0 aliphatic heterocycles. The molecule has 0 saturated carbocycles. The summed E-state index contributed by atoms with van der Waals surface area (Å²) in [5.41, 5.74) is 3.29. The van der Waals surface area contributed by atoms with Crippen LogP contribution in [0.25, 0.3) is 5.57 Å². The van der Waals surface area contributed by atoms with Gasteiger partial charge in [0.05, 0.1) is 12.2 Å². The second-order valence-electron chi connectivity index (χ2n) is 7.54. The molecule has 0 heterocycles. The van der Waals surface area contributed by atoms with Crippen molar-refractivity contribution in [1.29, 1.82) is 0 Å². The first kappa shape index (κ1) is 20.7. The van der Waals surface area contributed by atoms with E-state index in [1.165, 1.54) is 5.57 Å². The van der Waals surface area contributed by atoms with E-state index in [0.29, 0.717) is 19.6 Å². The van der Waals surface area contributed by atoms with Gasteiger partial charge >= 0.3 is 5.97 Å². The highest BCUT2D eigenvalue weighted by Gasteiger charge is 2.20. The van der Waals surface area contributed by atoms with Crippen LogP contribution in [-0.2, 0) is 9.53 Å². The fraction of sp³-hybridized carbons (Fsp3) is 0.476. The van der Waals surface area contributed by atoms with Gasteiger partial charge in [-0.05, 0) is 63.3 Å². The maximum absolute atomic E-state index is 11.5. The third kappa shape index (κ3) is 6.94. The van der Waals surface area contributed by atoms with Gasteiger partial charge in [0.25, 0.3) is 0 Å². The number of hydrogen-bond acceptors (Lipinski definition) is 3. The zero-order valence-electron chi connectivity index (χ0n) is 15.7. The van der Waals surface area contributed by atoms with Crippen molar-refractivity contribution in [3.63, 3.8) is 0 Å². The number of halogens is 1. The van der Waals surface area contributed by atoms with E-state index in [4.69, 9.17) is 16.3 Å². The van der Waals surface area contributed by atoms with Crippen LogP contribution in [0, 0.1) is 0 Å². The van der Waals surface area contributed by atoms with Crippen LogP contribution in [0.3, 0.4) is 0 Å². The number of allylic oxidation sites excluding steroid dienone is 3. The molecule has 26 heavy (non-hydrogen) atoms. The summed E-state index contributed by atoms with van der Waals surface area (Å²) >= 11 is 6.06. The first-order valence-corrected chi connectivity index (χ1v) is 9.37. The summed E-state index contributed by atoms with van der Waals surface area (Å²) in [5, 5.41) is 13.3. The Bertz CT molecular complexity index is 689. The Labute approximate surface area is 160 Å². The molecule has 0 radical (unpaired) electrons. The molecule has 1 aliphatic rings. The molecule has 0 aromatic heterocycles. The number of aliphatic carboxylic acids is 1. The van der Waals surface area contributed by atoms with Crippen LogP contribution in [0.15, 0.2) is 42.0 Å². The van der Waals surface area contributed by atoms with Crippen molar-refractivity contribution in [1.82, 2.24) is 5.32 Å². The van der Waals surface area contributed by atoms with Crippen LogP contribution in [0.4, 0.5) is 0 Å². The summed E-state index contributed by atoms with van der Waals surface area (Å²) in [6, 6.07) is 7.23. The molecule has 0 bridgehead atoms. The van der Waals surface area contributed by atoms with E-state index in [1.807, 2.05) is 51.1 Å². The van der Waals surface area contributed by atoms with Gasteiger partial charge < -0.3 is 15.2 Å². The quantitative estimate of drug-likeness (QED) is 0.645. The molecule has 0 amide bonds. The molecule has 2 rings (SSSR count). The van der Waals surface area contributed by atoms with Crippen LogP contribution in [0.5, 0.6) is 0 Å². The summed E-state index contributed by atoms with van der Waals surface area (Å²) in [6.07, 6.45) is 6.38. The smallest absolute Gasteiger partial charge is 0.321 e. The lowest BCUT2D eigenvalue weighted by atomic mass is 9.90. The Hall–Kier alpha value is -1.62. The predicted molar refractivity (Wildman–Crippen MR) is 106 cm³/mol. The zero-order valence-corrected chi connectivity index (χ0v) is 16.5. The molecular weight excluding hydrogens is 350 g/mol. The van der Waals surface area contributed by atoms with E-state index in [0.717, 1.165) is 29.0 Å². The largest absolute Gasteiger partial charge is 0.480 e. The minimum atomic E-state index is -0.828. The van der Waals surface area contributed by atoms with Gasteiger partial charge in [-0.3, -0.25) is 4.79 Å². The maximum Gasteiger partial charge on any atom is 0.321 e. The van der Waals surface area contributed by atoms with Gasteiger partial charge in [0.2, 0.25) is 0 Å². The molecule has 1 unspecified atom stereocenters. The molecule has 142 valence electrons. The second kappa shape index (κ2) is 9.36. The van der Waals surface area contributed by atoms with Crippen LogP contribution >= 0.6 is 11.6 Å². The lowest BCUT2D eigenvalue weighted by Crippen LogP contribution is -2.39. The number of nitrogens with one attached hydrogen (secondary N) is 1. The summed E-state index contributed by atoms with van der Waals surface area (Å²) in [5.74, 6) is -0.828. The zero-order chi connectivity index (χ0) is 19.2. The SMILES string of the molecule is CC(C)(C)OCCNC(CC1=CC=C(c2cccc(Cl)c2)CC1)C(=O)O. The molecule has 4 nitrogen and oxygen atoms in total. The van der Waals surface area contributed by atoms with Crippen LogP contribution in [0.1, 0.15) is 45.6 Å². The maximum atomic E-state index is 11.5. The molecule has 0 spiro atoms. The van der Waals surface area contributed by atoms with Crippen LogP contribution < -0.4 is 5.32 Å². The number of benzene rings is 1. The molecule has 1 atom stereocenters. The van der Waals surface area contributed by atoms with Crippen molar-refractivity contribution < 1.29 is 14.6 Å². The second-order valence-corrected chi connectivity index (χ2v) is 7.97. The Morgan fingerprint density at radius 3 is 2.65 bits per heavy atom. The van der Waals surface area contributed by atoms with E-state index < -0.39 is 12.0 Å². The van der Waals surface area contributed by atoms with Gasteiger partial charge in [-0.1, -0.05) is 41.5 Å². The molecule has 1 aromatic rings. The van der Waals surface area contributed by atoms with E-state index in [2.05, 4.69) is 11.4 Å². The third-order valence-electron chi connectivity index (χ3n) is 4.22. The molecule has 2 N–H and O–H groups in total. The minimum Gasteiger partial charge on any atom is -0.480 e. The Morgan fingerprint density at radius 2 is 2.08 bits per heavy atom. The summed E-state index contributed by atoms with van der Waals surface area (Å²) < 4.78 is 5.63. The summed E-state index contributed by atoms with van der Waals surface area (Å²) in [7, 11) is 0. The van der Waals surface area contributed by atoms with E-state index in [1.54, 1.807) is 0 Å². The lowest BCUT2D eigenvalue weighted by Gasteiger charge is -2.22. The average Bonchev–Trinajstić information content (AvgIpc) is 2.57. The van der Waals surface area contributed by atoms with E-state index in [9.17, 15) is 9.90 Å². The Kier molecular flexibility index (Phi) is 7.44. The standard InChI is InChI=1S/C21H28ClNO3/c1-21(2,3)26-12-11-23-19(20(24)25)13-15-7-9-16(10-8-15)17-5-4-6-18(22)14-17/h4-7,9,14,19,23H,8,10-13H2,1-3H3,(H,24,25). The predicted octanol–water partition coefficient (Wildman–Crippen LogP) is 4.69. The molecule has 1 aliphatic carbocycles. The van der Waals surface area contributed by atoms with Gasteiger partial charge in [-0.2, -0.15) is 0 Å². The first-order chi connectivity index (χ1) is 12.2. The molecular formula is C21H28ClNO3. The Morgan fingerprint density at radius 1 is 1.31 bits per heavy atom. The van der Waals surface area contributed by atoms with Gasteiger partial charge in [-0.15, -0.1) is 0 Å². The van der Waals surface area contributed by atoms with Crippen LogP contribution in [0.2, 0.25) is 5.02 Å². The van der Waals surface area contributed by atoms with Crippen molar-refractivity contribution in [3.05, 3.63) is 52.6 Å². The normalized spacial score (nSPS) is 16.0. The van der Waals surface area contributed by atoms with E-state index >= 15 is 0 Å². The minimum absolute atomic E-state index is 0.214. The van der Waals surface area contributed by atoms with Crippen molar-refractivity contribution in [2.24, 2.45) is 0 Å². The van der Waals surface area contributed by atoms with Crippen molar-refractivity contribution >= 4 is 23.1 Å². The number of carbonyl (C=O) groups is 1. The highest BCUT2D eigenvalue weighted by atomic mass is 35.5. The molecule has 0 fully saturated rings. The highest BCUT2D eigenvalue weighted by molar-refractivity contribution is 6.30. The monoisotopic (exact) mass is 377 g/mol. The lowest BCUT2D eigenvalue weighted by molar-refractivity contribution is -0.139. The van der Waals surface area contributed by atoms with Crippen LogP contribution in [-0.4, -0.2) is 35.9 Å². The van der Waals surface area contributed by atoms with Gasteiger partial charge in [0.1, 0.15) is 6.04 Å². The number of hydrogen-bond donors (Lipinski definition) is 2. The van der Waals surface area contributed by atoms with E-state index in [-0.39, 0.29) is 5.60 Å². The third-order valence-corrected chi connectivity index (χ3v) is 4.46. The van der Waals surface area contributed by atoms with Gasteiger partial charge in [0.15, 0.2) is 0 Å². The number of rotatable bonds is 8. The number of carboxylic acids is 1. The first-order valence-electron chi connectivity index (χ1n) is 8.99.